The predicted octanol–water partition coefficient (Wildman–Crippen LogP) is 3.17. The molecule has 6 saturated carbocycles. The second-order valence-electron chi connectivity index (χ2n) is 24.6. The number of nitrogens with two attached hydrogens (primary N) is 2. The molecule has 28 nitrogen and oxygen atoms in total. The van der Waals surface area contributed by atoms with Gasteiger partial charge in [-0.1, -0.05) is 0 Å². The number of rotatable bonds is 24. The molecule has 7 rings (SSSR count). The Bertz CT molecular complexity index is 2210. The molecule has 0 aromatic heterocycles. The van der Waals surface area contributed by atoms with Crippen LogP contribution in [-0.2, 0) is 20.1 Å². The molecule has 1 aliphatic heterocycles. The van der Waals surface area contributed by atoms with Gasteiger partial charge in [0.1, 0.15) is 23.6 Å². The van der Waals surface area contributed by atoms with Crippen LogP contribution in [0.25, 0.3) is 0 Å². The van der Waals surface area contributed by atoms with Crippen LogP contribution < -0.4 is 42.8 Å². The summed E-state index contributed by atoms with van der Waals surface area (Å²) in [6, 6.07) is -4.75. The molecule has 32 heteroatoms. The first-order valence-electron chi connectivity index (χ1n) is 29.0. The molecule has 0 aromatic carbocycles. The SMILES string of the molecule is CN(C)CCCNC1CC(CCNCN(C)C)NC(NC2CCC(N=NC3CCC(NS(=O)(=O)C4CCC(N=NC5C(N)C6C(CC(S(O)(O)O)C(N=NC7CCC(S(O)(O)O)CC7)C6O)CC5S(=O)(=O)O)CC4)CC3)C(N)C2)N1. The van der Waals surface area contributed by atoms with Crippen molar-refractivity contribution in [3.8, 4) is 0 Å². The molecule has 0 amide bonds. The van der Waals surface area contributed by atoms with Crippen LogP contribution in [0.5, 0.6) is 0 Å². The van der Waals surface area contributed by atoms with Gasteiger partial charge in [-0.15, -0.1) is 0 Å². The lowest BCUT2D eigenvalue weighted by Gasteiger charge is -2.52. The Kier molecular flexibility index (Phi) is 24.3. The number of hydrogen-bond donors (Lipinski definition) is 16. The smallest absolute Gasteiger partial charge is 0.270 e. The van der Waals surface area contributed by atoms with Gasteiger partial charge in [-0.05, 0) is 182 Å². The highest BCUT2D eigenvalue weighted by atomic mass is 32.3. The van der Waals surface area contributed by atoms with Gasteiger partial charge in [-0.2, -0.15) is 39.1 Å². The van der Waals surface area contributed by atoms with Crippen molar-refractivity contribution in [2.24, 2.45) is 54.0 Å². The number of nitrogens with zero attached hydrogens (tertiary/aromatic N) is 8. The summed E-state index contributed by atoms with van der Waals surface area (Å²) in [4.78, 5) is 4.33. The standard InChI is InChI=1S/C48H98N16O12S4/c1-63(2)23-5-21-52-42-27-35(20-22-51-28-64(3)4)54-48(55-42)53-34-14-19-39(38(49)26-34)59-56-30-6-8-33(9-7-30)62-77(66,67)36-15-10-31(11-16-36)57-60-45-40(79(71,72)73)24-29-25-41(80(74,75)76)46(47(65)43(29)44(45)50)61-58-32-12-17-37(18-13-32)78(68,69)70/h29-48,51-55,62,65,68-70,74-76H,5-28,49-50H2,1-4H3,(H,71,72,73). The molecule has 0 bridgehead atoms. The molecule has 0 radical (unpaired) electrons. The van der Waals surface area contributed by atoms with E-state index in [0.29, 0.717) is 57.4 Å². The Balaban J connectivity index is 0.852. The first-order chi connectivity index (χ1) is 37.6. The normalized spacial score (nSPS) is 39.8. The number of nitrogens with one attached hydrogen (secondary N) is 6. The van der Waals surface area contributed by atoms with Crippen molar-refractivity contribution in [3.63, 3.8) is 0 Å². The minimum absolute atomic E-state index is 0.0133. The van der Waals surface area contributed by atoms with Crippen LogP contribution in [0.2, 0.25) is 0 Å². The largest absolute Gasteiger partial charge is 0.390 e. The molecular formula is C48H98N16O12S4. The number of aliphatic hydroxyl groups is 1. The quantitative estimate of drug-likeness (QED) is 0.0285. The first kappa shape index (κ1) is 66.2. The number of hydrogen-bond acceptors (Lipinski definition) is 26. The van der Waals surface area contributed by atoms with Crippen molar-refractivity contribution in [1.82, 2.24) is 41.1 Å². The molecule has 7 fully saturated rings. The Labute approximate surface area is 477 Å². The van der Waals surface area contributed by atoms with Crippen LogP contribution in [0.15, 0.2) is 30.7 Å². The van der Waals surface area contributed by atoms with Gasteiger partial charge in [0, 0.05) is 42.8 Å². The zero-order valence-electron chi connectivity index (χ0n) is 47.1. The molecular weight excluding hydrogens is 1120 g/mol. The predicted molar refractivity (Wildman–Crippen MR) is 310 cm³/mol. The van der Waals surface area contributed by atoms with E-state index in [4.69, 9.17) is 21.7 Å². The maximum absolute atomic E-state index is 13.7. The van der Waals surface area contributed by atoms with E-state index in [2.05, 4.69) is 89.8 Å². The summed E-state index contributed by atoms with van der Waals surface area (Å²) in [5.74, 6) is -1.75. The van der Waals surface area contributed by atoms with E-state index in [1.807, 2.05) is 0 Å². The Morgan fingerprint density at radius 3 is 1.75 bits per heavy atom. The minimum atomic E-state index is -4.81. The Morgan fingerprint density at radius 2 is 1.18 bits per heavy atom. The molecule has 466 valence electrons. The molecule has 7 aliphatic rings. The van der Waals surface area contributed by atoms with Crippen LogP contribution in [0, 0.1) is 11.8 Å². The van der Waals surface area contributed by atoms with E-state index in [1.54, 1.807) is 0 Å². The lowest BCUT2D eigenvalue weighted by Crippen LogP contribution is -2.69. The molecule has 6 aliphatic carbocycles. The Hall–Kier alpha value is -1.32. The summed E-state index contributed by atoms with van der Waals surface area (Å²) in [6.07, 6.45) is 8.67. The topological polar surface area (TPSA) is 435 Å². The van der Waals surface area contributed by atoms with Gasteiger partial charge >= 0.3 is 0 Å². The summed E-state index contributed by atoms with van der Waals surface area (Å²) in [7, 11) is -8.32. The third-order valence-corrected chi connectivity index (χ3v) is 23.8. The van der Waals surface area contributed by atoms with Crippen molar-refractivity contribution >= 4 is 41.9 Å². The third-order valence-electron chi connectivity index (χ3n) is 17.9. The summed E-state index contributed by atoms with van der Waals surface area (Å²) >= 11 is 0. The van der Waals surface area contributed by atoms with Gasteiger partial charge in [-0.25, -0.2) is 13.1 Å². The van der Waals surface area contributed by atoms with Gasteiger partial charge in [0.15, 0.2) is 0 Å². The maximum atomic E-state index is 13.7. The van der Waals surface area contributed by atoms with E-state index in [9.17, 15) is 53.8 Å². The van der Waals surface area contributed by atoms with Gasteiger partial charge in [-0.3, -0.25) is 25.4 Å². The fourth-order valence-corrected chi connectivity index (χ4v) is 18.2. The zero-order valence-corrected chi connectivity index (χ0v) is 50.4. The average molecular weight is 1220 g/mol. The van der Waals surface area contributed by atoms with E-state index in [0.717, 1.165) is 64.8 Å². The molecule has 1 heterocycles. The summed E-state index contributed by atoms with van der Waals surface area (Å²) < 4.78 is 127. The average Bonchev–Trinajstić information content (AvgIpc) is 3.59. The minimum Gasteiger partial charge on any atom is -0.390 e. The van der Waals surface area contributed by atoms with Gasteiger partial charge < -0.3 is 59.4 Å². The number of fused-ring (bicyclic) bond motifs is 1. The highest BCUT2D eigenvalue weighted by Gasteiger charge is 2.58. The van der Waals surface area contributed by atoms with Crippen molar-refractivity contribution < 1.29 is 53.8 Å². The third kappa shape index (κ3) is 19.1. The highest BCUT2D eigenvalue weighted by molar-refractivity contribution is 8.20. The van der Waals surface area contributed by atoms with E-state index < -0.39 is 111 Å². The maximum Gasteiger partial charge on any atom is 0.270 e. The van der Waals surface area contributed by atoms with Gasteiger partial charge in [0.05, 0.1) is 73.9 Å². The van der Waals surface area contributed by atoms with Crippen LogP contribution in [0.4, 0.5) is 0 Å². The van der Waals surface area contributed by atoms with Crippen molar-refractivity contribution in [2.75, 3.05) is 54.5 Å². The summed E-state index contributed by atoms with van der Waals surface area (Å²) in [6.45, 7) is 3.74. The highest BCUT2D eigenvalue weighted by Crippen LogP contribution is 2.54. The van der Waals surface area contributed by atoms with Gasteiger partial charge in [0.2, 0.25) is 10.0 Å². The van der Waals surface area contributed by atoms with Crippen molar-refractivity contribution in [3.05, 3.63) is 0 Å². The Morgan fingerprint density at radius 1 is 0.600 bits per heavy atom. The number of azo groups is 3. The molecule has 0 aromatic rings. The molecule has 14 atom stereocenters. The first-order valence-corrected chi connectivity index (χ1v) is 35.2. The second kappa shape index (κ2) is 29.4. The number of aliphatic hydroxyl groups excluding tert-OH is 1. The van der Waals surface area contributed by atoms with E-state index in [1.165, 1.54) is 0 Å². The van der Waals surface area contributed by atoms with Crippen molar-refractivity contribution in [1.29, 1.82) is 0 Å². The van der Waals surface area contributed by atoms with Gasteiger partial charge in [0.25, 0.3) is 10.1 Å². The molecule has 0 spiro atoms. The zero-order chi connectivity index (χ0) is 58.2. The van der Waals surface area contributed by atoms with Crippen LogP contribution in [0.3, 0.4) is 0 Å². The molecule has 1 saturated heterocycles. The molecule has 80 heavy (non-hydrogen) atoms. The molecule has 14 unspecified atom stereocenters. The van der Waals surface area contributed by atoms with Crippen LogP contribution >= 0.6 is 21.7 Å². The van der Waals surface area contributed by atoms with E-state index in [-0.39, 0.29) is 81.2 Å². The monoisotopic (exact) mass is 1220 g/mol. The summed E-state index contributed by atoms with van der Waals surface area (Å²) in [5, 5.41) is 52.9. The number of sulfonamides is 1. The molecule has 18 N–H and O–H groups in total. The van der Waals surface area contributed by atoms with Crippen LogP contribution in [-0.4, -0.2) is 224 Å². The van der Waals surface area contributed by atoms with Crippen LogP contribution in [0.1, 0.15) is 128 Å². The lowest BCUT2D eigenvalue weighted by atomic mass is 9.64. The van der Waals surface area contributed by atoms with E-state index >= 15 is 0 Å². The summed E-state index contributed by atoms with van der Waals surface area (Å²) in [5.41, 5.74) is 13.5. The lowest BCUT2D eigenvalue weighted by molar-refractivity contribution is -0.0217. The van der Waals surface area contributed by atoms with Crippen molar-refractivity contribution in [2.45, 2.75) is 234 Å². The fourth-order valence-electron chi connectivity index (χ4n) is 13.4. The second-order valence-corrected chi connectivity index (χ2v) is 31.7. The fraction of sp³-hybridized carbons (Fsp3) is 1.00.